The Morgan fingerprint density at radius 2 is 1.48 bits per heavy atom. The van der Waals surface area contributed by atoms with Gasteiger partial charge in [-0.05, 0) is 61.9 Å². The van der Waals surface area contributed by atoms with Crippen molar-refractivity contribution >= 4 is 5.97 Å². The Morgan fingerprint density at radius 1 is 0.968 bits per heavy atom. The van der Waals surface area contributed by atoms with Crippen LogP contribution in [0.2, 0.25) is 0 Å². The molecule has 2 aromatic rings. The number of hydrogen-bond acceptors (Lipinski definition) is 1. The third-order valence-electron chi connectivity index (χ3n) is 6.01. The predicted octanol–water partition coefficient (Wildman–Crippen LogP) is 7.09. The zero-order valence-electron chi connectivity index (χ0n) is 17.1. The lowest BCUT2D eigenvalue weighted by atomic mass is 9.89. The SMILES string of the molecule is Cc1c(C(=O)O)c(C)n(CC2CCCCC2)c1-c1cc(C(F)(F)F)cc(C(F)(F)F)c1. The van der Waals surface area contributed by atoms with Gasteiger partial charge in [-0.25, -0.2) is 4.79 Å². The van der Waals surface area contributed by atoms with E-state index in [0.29, 0.717) is 24.4 Å². The molecule has 0 aliphatic heterocycles. The Labute approximate surface area is 175 Å². The number of alkyl halides is 6. The van der Waals surface area contributed by atoms with Gasteiger partial charge in [-0.3, -0.25) is 0 Å². The summed E-state index contributed by atoms with van der Waals surface area (Å²) < 4.78 is 81.8. The molecule has 1 aliphatic carbocycles. The molecule has 0 saturated heterocycles. The van der Waals surface area contributed by atoms with Gasteiger partial charge in [0, 0.05) is 12.2 Å². The zero-order chi connectivity index (χ0) is 23.1. The molecule has 0 unspecified atom stereocenters. The van der Waals surface area contributed by atoms with Crippen molar-refractivity contribution in [1.29, 1.82) is 0 Å². The molecule has 0 bridgehead atoms. The maximum atomic E-state index is 13.4. The Kier molecular flexibility index (Phi) is 6.17. The molecule has 1 aromatic carbocycles. The standard InChI is InChI=1S/C22H23F6NO2/c1-12-18(20(30)31)13(2)29(11-14-6-4-3-5-7-14)19(12)15-8-16(21(23,24)25)10-17(9-15)22(26,27)28/h8-10,14H,3-7,11H2,1-2H3,(H,30,31). The minimum absolute atomic E-state index is 0.0816. The van der Waals surface area contributed by atoms with Crippen molar-refractivity contribution in [2.45, 2.75) is 64.8 Å². The van der Waals surface area contributed by atoms with Gasteiger partial charge in [0.05, 0.1) is 22.4 Å². The number of nitrogens with zero attached hydrogens (tertiary/aromatic N) is 1. The molecule has 1 aromatic heterocycles. The first kappa shape index (κ1) is 23.2. The first-order valence-corrected chi connectivity index (χ1v) is 10.0. The van der Waals surface area contributed by atoms with Crippen molar-refractivity contribution in [3.05, 3.63) is 46.1 Å². The minimum Gasteiger partial charge on any atom is -0.478 e. The monoisotopic (exact) mass is 447 g/mol. The molecule has 3 rings (SSSR count). The summed E-state index contributed by atoms with van der Waals surface area (Å²) in [7, 11) is 0. The third-order valence-corrected chi connectivity index (χ3v) is 6.01. The number of carbonyl (C=O) groups is 1. The van der Waals surface area contributed by atoms with E-state index in [-0.39, 0.29) is 34.4 Å². The van der Waals surface area contributed by atoms with Crippen molar-refractivity contribution in [2.75, 3.05) is 0 Å². The lowest BCUT2D eigenvalue weighted by Crippen LogP contribution is -2.17. The van der Waals surface area contributed by atoms with Gasteiger partial charge in [0.25, 0.3) is 0 Å². The quantitative estimate of drug-likeness (QED) is 0.509. The van der Waals surface area contributed by atoms with Crippen LogP contribution in [-0.2, 0) is 18.9 Å². The van der Waals surface area contributed by atoms with E-state index in [9.17, 15) is 36.2 Å². The first-order valence-electron chi connectivity index (χ1n) is 10.0. The summed E-state index contributed by atoms with van der Waals surface area (Å²) in [5.41, 5.74) is -2.63. The summed E-state index contributed by atoms with van der Waals surface area (Å²) in [6, 6.07) is 1.41. The number of aromatic nitrogens is 1. The van der Waals surface area contributed by atoms with Crippen LogP contribution in [0, 0.1) is 19.8 Å². The predicted molar refractivity (Wildman–Crippen MR) is 103 cm³/mol. The molecular weight excluding hydrogens is 424 g/mol. The van der Waals surface area contributed by atoms with Crippen molar-refractivity contribution in [3.63, 3.8) is 0 Å². The summed E-state index contributed by atoms with van der Waals surface area (Å²) in [5.74, 6) is -1.07. The highest BCUT2D eigenvalue weighted by atomic mass is 19.4. The molecule has 1 aliphatic rings. The maximum Gasteiger partial charge on any atom is 0.416 e. The van der Waals surface area contributed by atoms with Crippen molar-refractivity contribution in [2.24, 2.45) is 5.92 Å². The van der Waals surface area contributed by atoms with E-state index in [1.807, 2.05) is 0 Å². The molecular formula is C22H23F6NO2. The molecule has 0 radical (unpaired) electrons. The molecule has 0 spiro atoms. The Balaban J connectivity index is 2.25. The largest absolute Gasteiger partial charge is 0.478 e. The normalized spacial score (nSPS) is 16.0. The van der Waals surface area contributed by atoms with Crippen LogP contribution in [0.1, 0.15) is 64.8 Å². The van der Waals surface area contributed by atoms with Crippen LogP contribution in [0.25, 0.3) is 11.3 Å². The minimum atomic E-state index is -4.98. The summed E-state index contributed by atoms with van der Waals surface area (Å²) in [6.07, 6.45) is -5.12. The lowest BCUT2D eigenvalue weighted by molar-refractivity contribution is -0.143. The fraction of sp³-hybridized carbons (Fsp3) is 0.500. The van der Waals surface area contributed by atoms with E-state index >= 15 is 0 Å². The van der Waals surface area contributed by atoms with E-state index in [1.54, 1.807) is 11.5 Å². The molecule has 1 heterocycles. The fourth-order valence-electron chi connectivity index (χ4n) is 4.53. The smallest absolute Gasteiger partial charge is 0.416 e. The highest BCUT2D eigenvalue weighted by Gasteiger charge is 2.38. The average Bonchev–Trinajstić information content (AvgIpc) is 2.90. The molecule has 170 valence electrons. The number of rotatable bonds is 4. The number of carboxylic acids is 1. The Morgan fingerprint density at radius 3 is 1.94 bits per heavy atom. The van der Waals surface area contributed by atoms with Gasteiger partial charge >= 0.3 is 18.3 Å². The van der Waals surface area contributed by atoms with Crippen LogP contribution < -0.4 is 0 Å². The molecule has 1 N–H and O–H groups in total. The number of halogens is 6. The highest BCUT2D eigenvalue weighted by molar-refractivity contribution is 5.94. The molecule has 1 fully saturated rings. The molecule has 1 saturated carbocycles. The van der Waals surface area contributed by atoms with Crippen molar-refractivity contribution in [1.82, 2.24) is 4.57 Å². The van der Waals surface area contributed by atoms with E-state index in [4.69, 9.17) is 0 Å². The summed E-state index contributed by atoms with van der Waals surface area (Å²) in [4.78, 5) is 11.8. The molecule has 0 amide bonds. The summed E-state index contributed by atoms with van der Waals surface area (Å²) >= 11 is 0. The van der Waals surface area contributed by atoms with Crippen LogP contribution in [0.3, 0.4) is 0 Å². The summed E-state index contributed by atoms with van der Waals surface area (Å²) in [6.45, 7) is 3.32. The van der Waals surface area contributed by atoms with E-state index in [2.05, 4.69) is 0 Å². The van der Waals surface area contributed by atoms with E-state index < -0.39 is 29.4 Å². The van der Waals surface area contributed by atoms with Crippen molar-refractivity contribution < 1.29 is 36.2 Å². The lowest BCUT2D eigenvalue weighted by Gasteiger charge is -2.25. The summed E-state index contributed by atoms with van der Waals surface area (Å²) in [5, 5.41) is 9.63. The number of aromatic carboxylic acids is 1. The van der Waals surface area contributed by atoms with Crippen LogP contribution >= 0.6 is 0 Å². The number of benzene rings is 1. The van der Waals surface area contributed by atoms with E-state index in [0.717, 1.165) is 32.1 Å². The molecule has 9 heteroatoms. The highest BCUT2D eigenvalue weighted by Crippen LogP contribution is 2.41. The van der Waals surface area contributed by atoms with E-state index in [1.165, 1.54) is 6.92 Å². The Bertz CT molecular complexity index is 949. The second kappa shape index (κ2) is 8.24. The topological polar surface area (TPSA) is 42.2 Å². The van der Waals surface area contributed by atoms with Gasteiger partial charge in [-0.15, -0.1) is 0 Å². The van der Waals surface area contributed by atoms with Gasteiger partial charge in [-0.1, -0.05) is 19.3 Å². The van der Waals surface area contributed by atoms with Crippen LogP contribution in [0.5, 0.6) is 0 Å². The van der Waals surface area contributed by atoms with Crippen LogP contribution in [0.15, 0.2) is 18.2 Å². The molecule has 0 atom stereocenters. The first-order chi connectivity index (χ1) is 14.3. The third kappa shape index (κ3) is 4.75. The van der Waals surface area contributed by atoms with Gasteiger partial charge in [-0.2, -0.15) is 26.3 Å². The second-order valence-electron chi connectivity index (χ2n) is 8.15. The van der Waals surface area contributed by atoms with Gasteiger partial charge in [0.15, 0.2) is 0 Å². The Hall–Kier alpha value is -2.45. The maximum absolute atomic E-state index is 13.4. The van der Waals surface area contributed by atoms with Gasteiger partial charge < -0.3 is 9.67 Å². The van der Waals surface area contributed by atoms with Crippen LogP contribution in [0.4, 0.5) is 26.3 Å². The van der Waals surface area contributed by atoms with Crippen molar-refractivity contribution in [3.8, 4) is 11.3 Å². The van der Waals surface area contributed by atoms with Crippen LogP contribution in [-0.4, -0.2) is 15.6 Å². The average molecular weight is 447 g/mol. The fourth-order valence-corrected chi connectivity index (χ4v) is 4.53. The second-order valence-corrected chi connectivity index (χ2v) is 8.15. The number of carboxylic acid groups (broad SMARTS) is 1. The molecule has 31 heavy (non-hydrogen) atoms. The zero-order valence-corrected chi connectivity index (χ0v) is 17.1. The van der Waals surface area contributed by atoms with Gasteiger partial charge in [0.2, 0.25) is 0 Å². The number of hydrogen-bond donors (Lipinski definition) is 1. The molecule has 3 nitrogen and oxygen atoms in total. The van der Waals surface area contributed by atoms with Gasteiger partial charge in [0.1, 0.15) is 0 Å².